The van der Waals surface area contributed by atoms with Gasteiger partial charge in [0.2, 0.25) is 0 Å². The van der Waals surface area contributed by atoms with Crippen molar-refractivity contribution < 1.29 is 14.6 Å². The number of aromatic nitrogens is 2. The fourth-order valence-corrected chi connectivity index (χ4v) is 4.20. The van der Waals surface area contributed by atoms with Gasteiger partial charge in [-0.05, 0) is 30.4 Å². The largest absolute Gasteiger partial charge is 0.505 e. The number of ether oxygens (including phenoxy) is 1. The summed E-state index contributed by atoms with van der Waals surface area (Å²) < 4.78 is 6.44. The van der Waals surface area contributed by atoms with E-state index in [9.17, 15) is 14.7 Å². The van der Waals surface area contributed by atoms with Crippen LogP contribution in [0.1, 0.15) is 42.6 Å². The van der Waals surface area contributed by atoms with Crippen LogP contribution in [-0.2, 0) is 11.3 Å². The molecule has 2 heterocycles. The Bertz CT molecular complexity index is 1100. The Morgan fingerprint density at radius 1 is 1.21 bits per heavy atom. The molecule has 0 spiro atoms. The summed E-state index contributed by atoms with van der Waals surface area (Å²) in [7, 11) is 1.24. The van der Waals surface area contributed by atoms with Crippen molar-refractivity contribution in [3.8, 4) is 16.9 Å². The molecule has 1 aromatic carbocycles. The second-order valence-corrected chi connectivity index (χ2v) is 7.59. The minimum Gasteiger partial charge on any atom is -0.505 e. The number of hydrogen-bond acceptors (Lipinski definition) is 5. The lowest BCUT2D eigenvalue weighted by Crippen LogP contribution is -2.27. The smallest absolute Gasteiger partial charge is 0.360 e. The van der Waals surface area contributed by atoms with E-state index in [1.807, 2.05) is 30.3 Å². The summed E-state index contributed by atoms with van der Waals surface area (Å²) in [5.41, 5.74) is 1.53. The van der Waals surface area contributed by atoms with Crippen molar-refractivity contribution in [2.75, 3.05) is 7.11 Å². The summed E-state index contributed by atoms with van der Waals surface area (Å²) in [5.74, 6) is -0.558. The van der Waals surface area contributed by atoms with Gasteiger partial charge in [0.05, 0.1) is 18.8 Å². The van der Waals surface area contributed by atoms with Crippen LogP contribution in [0.3, 0.4) is 0 Å². The van der Waals surface area contributed by atoms with E-state index in [1.165, 1.54) is 32.6 Å². The van der Waals surface area contributed by atoms with Gasteiger partial charge in [-0.3, -0.25) is 4.79 Å². The van der Waals surface area contributed by atoms with E-state index < -0.39 is 5.97 Å². The normalized spacial score (nSPS) is 14.8. The first-order valence-electron chi connectivity index (χ1n) is 9.99. The summed E-state index contributed by atoms with van der Waals surface area (Å²) in [6, 6.07) is 11.0. The molecule has 0 atom stereocenters. The van der Waals surface area contributed by atoms with Crippen LogP contribution >= 0.6 is 0 Å². The molecule has 1 N–H and O–H groups in total. The van der Waals surface area contributed by atoms with Crippen LogP contribution in [0.2, 0.25) is 0 Å². The SMILES string of the molecule is COC(=O)c1ncc2c(cc(-c3ccccc3)c(=O)n2CC2CCCCC2)c1O. The van der Waals surface area contributed by atoms with Crippen LogP contribution in [0.5, 0.6) is 5.75 Å². The second kappa shape index (κ2) is 8.07. The average molecular weight is 392 g/mol. The predicted octanol–water partition coefficient (Wildman–Crippen LogP) is 4.14. The summed E-state index contributed by atoms with van der Waals surface area (Å²) >= 11 is 0. The molecule has 6 nitrogen and oxygen atoms in total. The molecule has 0 bridgehead atoms. The molecule has 150 valence electrons. The number of rotatable bonds is 4. The second-order valence-electron chi connectivity index (χ2n) is 7.59. The van der Waals surface area contributed by atoms with Gasteiger partial charge in [-0.25, -0.2) is 9.78 Å². The Labute approximate surface area is 168 Å². The molecule has 6 heteroatoms. The van der Waals surface area contributed by atoms with Gasteiger partial charge in [0.15, 0.2) is 11.4 Å². The highest BCUT2D eigenvalue weighted by Crippen LogP contribution is 2.32. The van der Waals surface area contributed by atoms with E-state index >= 15 is 0 Å². The lowest BCUT2D eigenvalue weighted by atomic mass is 9.89. The van der Waals surface area contributed by atoms with Crippen molar-refractivity contribution in [1.82, 2.24) is 9.55 Å². The third-order valence-electron chi connectivity index (χ3n) is 5.76. The first-order chi connectivity index (χ1) is 14.1. The van der Waals surface area contributed by atoms with Crippen molar-refractivity contribution in [3.63, 3.8) is 0 Å². The maximum Gasteiger partial charge on any atom is 0.360 e. The average Bonchev–Trinajstić information content (AvgIpc) is 2.76. The molecule has 1 aliphatic carbocycles. The number of nitrogens with zero attached hydrogens (tertiary/aromatic N) is 2. The number of aromatic hydroxyl groups is 1. The first-order valence-corrected chi connectivity index (χ1v) is 9.99. The molecule has 3 aromatic rings. The van der Waals surface area contributed by atoms with E-state index in [4.69, 9.17) is 4.74 Å². The Morgan fingerprint density at radius 3 is 2.62 bits per heavy atom. The molecular weight excluding hydrogens is 368 g/mol. The fraction of sp³-hybridized carbons (Fsp3) is 0.348. The van der Waals surface area contributed by atoms with Crippen LogP contribution in [0, 0.1) is 5.92 Å². The van der Waals surface area contributed by atoms with Crippen molar-refractivity contribution in [2.45, 2.75) is 38.6 Å². The van der Waals surface area contributed by atoms with Gasteiger partial charge < -0.3 is 14.4 Å². The number of methoxy groups -OCH3 is 1. The standard InChI is InChI=1S/C23H24N2O4/c1-29-23(28)20-21(26)18-12-17(16-10-6-3-7-11-16)22(27)25(19(18)13-24-20)14-15-8-4-2-5-9-15/h3,6-7,10-13,15,26H,2,4-5,8-9,14H2,1H3. The number of carbonyl (C=O) groups is 1. The van der Waals surface area contributed by atoms with E-state index in [-0.39, 0.29) is 17.0 Å². The Kier molecular flexibility index (Phi) is 5.34. The third kappa shape index (κ3) is 3.62. The minimum absolute atomic E-state index is 0.110. The molecule has 0 aliphatic heterocycles. The molecule has 0 saturated heterocycles. The zero-order chi connectivity index (χ0) is 20.4. The lowest BCUT2D eigenvalue weighted by molar-refractivity contribution is 0.0591. The minimum atomic E-state index is -0.712. The third-order valence-corrected chi connectivity index (χ3v) is 5.76. The highest BCUT2D eigenvalue weighted by Gasteiger charge is 2.22. The molecular formula is C23H24N2O4. The van der Waals surface area contributed by atoms with Gasteiger partial charge in [0.25, 0.3) is 5.56 Å². The number of pyridine rings is 2. The molecule has 0 radical (unpaired) electrons. The van der Waals surface area contributed by atoms with Crippen LogP contribution in [0.25, 0.3) is 22.0 Å². The van der Waals surface area contributed by atoms with Gasteiger partial charge in [0.1, 0.15) is 0 Å². The predicted molar refractivity (Wildman–Crippen MR) is 111 cm³/mol. The number of benzene rings is 1. The molecule has 0 unspecified atom stereocenters. The molecule has 29 heavy (non-hydrogen) atoms. The number of esters is 1. The summed E-state index contributed by atoms with van der Waals surface area (Å²) in [6.45, 7) is 0.578. The van der Waals surface area contributed by atoms with E-state index in [1.54, 1.807) is 10.6 Å². The summed E-state index contributed by atoms with van der Waals surface area (Å²) in [6.07, 6.45) is 7.24. The molecule has 1 fully saturated rings. The van der Waals surface area contributed by atoms with Crippen molar-refractivity contribution in [1.29, 1.82) is 0 Å². The van der Waals surface area contributed by atoms with Crippen LogP contribution in [-0.4, -0.2) is 27.7 Å². The van der Waals surface area contributed by atoms with Crippen LogP contribution in [0.4, 0.5) is 0 Å². The molecule has 1 aliphatic rings. The molecule has 4 rings (SSSR count). The quantitative estimate of drug-likeness (QED) is 0.675. The van der Waals surface area contributed by atoms with Crippen molar-refractivity contribution in [2.24, 2.45) is 5.92 Å². The zero-order valence-electron chi connectivity index (χ0n) is 16.4. The van der Waals surface area contributed by atoms with Crippen molar-refractivity contribution in [3.05, 3.63) is 58.6 Å². The number of carbonyl (C=O) groups excluding carboxylic acids is 1. The topological polar surface area (TPSA) is 81.4 Å². The number of hydrogen-bond donors (Lipinski definition) is 1. The summed E-state index contributed by atoms with van der Waals surface area (Å²) in [4.78, 5) is 29.5. The maximum absolute atomic E-state index is 13.4. The van der Waals surface area contributed by atoms with E-state index in [2.05, 4.69) is 4.98 Å². The molecule has 2 aromatic heterocycles. The zero-order valence-corrected chi connectivity index (χ0v) is 16.4. The molecule has 0 amide bonds. The monoisotopic (exact) mass is 392 g/mol. The number of fused-ring (bicyclic) bond motifs is 1. The highest BCUT2D eigenvalue weighted by atomic mass is 16.5. The van der Waals surface area contributed by atoms with Crippen LogP contribution in [0.15, 0.2) is 47.4 Å². The van der Waals surface area contributed by atoms with Gasteiger partial charge in [0, 0.05) is 17.5 Å². The van der Waals surface area contributed by atoms with E-state index in [0.717, 1.165) is 18.4 Å². The lowest BCUT2D eigenvalue weighted by Gasteiger charge is -2.24. The van der Waals surface area contributed by atoms with Crippen LogP contribution < -0.4 is 5.56 Å². The van der Waals surface area contributed by atoms with Gasteiger partial charge >= 0.3 is 5.97 Å². The van der Waals surface area contributed by atoms with Gasteiger partial charge in [-0.15, -0.1) is 0 Å². The van der Waals surface area contributed by atoms with E-state index in [0.29, 0.717) is 28.9 Å². The Balaban J connectivity index is 1.95. The Morgan fingerprint density at radius 2 is 1.93 bits per heavy atom. The highest BCUT2D eigenvalue weighted by molar-refractivity contribution is 5.99. The Hall–Kier alpha value is -3.15. The maximum atomic E-state index is 13.4. The van der Waals surface area contributed by atoms with Crippen molar-refractivity contribution >= 4 is 16.9 Å². The fourth-order valence-electron chi connectivity index (χ4n) is 4.20. The van der Waals surface area contributed by atoms with Gasteiger partial charge in [-0.1, -0.05) is 49.6 Å². The van der Waals surface area contributed by atoms with Gasteiger partial charge in [-0.2, -0.15) is 0 Å². The summed E-state index contributed by atoms with van der Waals surface area (Å²) in [5, 5.41) is 11.2. The first kappa shape index (κ1) is 19.2. The molecule has 1 saturated carbocycles.